The SMILES string of the molecule is CCC(C)n1c(CCCO)nc2ccc(Cl)cc21. The van der Waals surface area contributed by atoms with Crippen molar-refractivity contribution in [3.63, 3.8) is 0 Å². The van der Waals surface area contributed by atoms with E-state index in [1.807, 2.05) is 18.2 Å². The predicted molar refractivity (Wildman–Crippen MR) is 75.2 cm³/mol. The van der Waals surface area contributed by atoms with Gasteiger partial charge in [0, 0.05) is 24.1 Å². The van der Waals surface area contributed by atoms with Crippen LogP contribution >= 0.6 is 11.6 Å². The monoisotopic (exact) mass is 266 g/mol. The van der Waals surface area contributed by atoms with E-state index in [1.54, 1.807) is 0 Å². The first kappa shape index (κ1) is 13.4. The van der Waals surface area contributed by atoms with E-state index < -0.39 is 0 Å². The van der Waals surface area contributed by atoms with Gasteiger partial charge in [-0.2, -0.15) is 0 Å². The van der Waals surface area contributed by atoms with Crippen molar-refractivity contribution in [3.8, 4) is 0 Å². The highest BCUT2D eigenvalue weighted by molar-refractivity contribution is 6.31. The fourth-order valence-corrected chi connectivity index (χ4v) is 2.37. The van der Waals surface area contributed by atoms with Gasteiger partial charge in [0.25, 0.3) is 0 Å². The van der Waals surface area contributed by atoms with E-state index in [2.05, 4.69) is 23.4 Å². The Kier molecular flexibility index (Phi) is 4.25. The Morgan fingerprint density at radius 3 is 2.89 bits per heavy atom. The van der Waals surface area contributed by atoms with Crippen LogP contribution in [-0.4, -0.2) is 21.3 Å². The van der Waals surface area contributed by atoms with Crippen LogP contribution < -0.4 is 0 Å². The fraction of sp³-hybridized carbons (Fsp3) is 0.500. The summed E-state index contributed by atoms with van der Waals surface area (Å²) in [6, 6.07) is 6.19. The molecule has 0 spiro atoms. The van der Waals surface area contributed by atoms with E-state index >= 15 is 0 Å². The standard InChI is InChI=1S/C14H19ClN2O/c1-3-10(2)17-13-9-11(15)6-7-12(13)16-14(17)5-4-8-18/h6-7,9-10,18H,3-5,8H2,1-2H3. The molecule has 2 aromatic rings. The van der Waals surface area contributed by atoms with Gasteiger partial charge in [-0.3, -0.25) is 0 Å². The molecule has 1 heterocycles. The molecule has 0 aliphatic rings. The molecule has 0 aliphatic heterocycles. The maximum absolute atomic E-state index is 8.98. The number of imidazole rings is 1. The zero-order valence-electron chi connectivity index (χ0n) is 10.9. The van der Waals surface area contributed by atoms with Crippen LogP contribution in [0.25, 0.3) is 11.0 Å². The third kappa shape index (κ3) is 2.52. The lowest BCUT2D eigenvalue weighted by atomic mass is 10.2. The van der Waals surface area contributed by atoms with Gasteiger partial charge in [-0.25, -0.2) is 4.98 Å². The third-order valence-corrected chi connectivity index (χ3v) is 3.55. The molecule has 1 aromatic heterocycles. The van der Waals surface area contributed by atoms with Gasteiger partial charge in [0.2, 0.25) is 0 Å². The number of aliphatic hydroxyl groups excluding tert-OH is 1. The molecule has 0 amide bonds. The molecule has 0 aliphatic carbocycles. The van der Waals surface area contributed by atoms with Crippen LogP contribution in [0, 0.1) is 0 Å². The van der Waals surface area contributed by atoms with E-state index in [4.69, 9.17) is 16.7 Å². The Balaban J connectivity index is 2.54. The molecule has 1 aromatic carbocycles. The normalized spacial score (nSPS) is 13.1. The average molecular weight is 267 g/mol. The molecule has 1 N–H and O–H groups in total. The van der Waals surface area contributed by atoms with Crippen molar-refractivity contribution in [1.82, 2.24) is 9.55 Å². The van der Waals surface area contributed by atoms with Crippen LogP contribution in [0.1, 0.15) is 38.6 Å². The largest absolute Gasteiger partial charge is 0.396 e. The van der Waals surface area contributed by atoms with E-state index in [9.17, 15) is 0 Å². The molecular weight excluding hydrogens is 248 g/mol. The maximum atomic E-state index is 8.98. The first-order valence-corrected chi connectivity index (χ1v) is 6.82. The molecule has 0 radical (unpaired) electrons. The molecule has 98 valence electrons. The third-order valence-electron chi connectivity index (χ3n) is 3.31. The van der Waals surface area contributed by atoms with Crippen LogP contribution in [0.3, 0.4) is 0 Å². The number of rotatable bonds is 5. The van der Waals surface area contributed by atoms with Crippen LogP contribution in [0.2, 0.25) is 5.02 Å². The molecular formula is C14H19ClN2O. The number of hydrogen-bond acceptors (Lipinski definition) is 2. The van der Waals surface area contributed by atoms with E-state index in [1.165, 1.54) is 0 Å². The smallest absolute Gasteiger partial charge is 0.110 e. The summed E-state index contributed by atoms with van der Waals surface area (Å²) in [5, 5.41) is 9.71. The van der Waals surface area contributed by atoms with Crippen LogP contribution in [0.15, 0.2) is 18.2 Å². The fourth-order valence-electron chi connectivity index (χ4n) is 2.20. The molecule has 0 saturated carbocycles. The van der Waals surface area contributed by atoms with E-state index in [-0.39, 0.29) is 6.61 Å². The maximum Gasteiger partial charge on any atom is 0.110 e. The molecule has 2 rings (SSSR count). The van der Waals surface area contributed by atoms with Crippen LogP contribution in [0.4, 0.5) is 0 Å². The number of aromatic nitrogens is 2. The molecule has 4 heteroatoms. The second-order valence-electron chi connectivity index (χ2n) is 4.62. The molecule has 0 bridgehead atoms. The average Bonchev–Trinajstić information content (AvgIpc) is 2.73. The summed E-state index contributed by atoms with van der Waals surface area (Å²) in [7, 11) is 0. The number of fused-ring (bicyclic) bond motifs is 1. The van der Waals surface area contributed by atoms with Gasteiger partial charge in [0.1, 0.15) is 5.82 Å². The quantitative estimate of drug-likeness (QED) is 0.898. The number of aryl methyl sites for hydroxylation is 1. The van der Waals surface area contributed by atoms with Crippen molar-refractivity contribution in [3.05, 3.63) is 29.0 Å². The van der Waals surface area contributed by atoms with Crippen molar-refractivity contribution in [2.75, 3.05) is 6.61 Å². The molecule has 0 fully saturated rings. The molecule has 3 nitrogen and oxygen atoms in total. The summed E-state index contributed by atoms with van der Waals surface area (Å²) in [6.45, 7) is 4.55. The molecule has 1 unspecified atom stereocenters. The van der Waals surface area contributed by atoms with Gasteiger partial charge in [-0.05, 0) is 38.0 Å². The second kappa shape index (κ2) is 5.72. The number of hydrogen-bond donors (Lipinski definition) is 1. The number of halogens is 1. The zero-order chi connectivity index (χ0) is 13.1. The minimum Gasteiger partial charge on any atom is -0.396 e. The highest BCUT2D eigenvalue weighted by Gasteiger charge is 2.14. The summed E-state index contributed by atoms with van der Waals surface area (Å²) in [5.41, 5.74) is 2.07. The van der Waals surface area contributed by atoms with Gasteiger partial charge >= 0.3 is 0 Å². The van der Waals surface area contributed by atoms with Crippen molar-refractivity contribution >= 4 is 22.6 Å². The Morgan fingerprint density at radius 1 is 1.44 bits per heavy atom. The summed E-state index contributed by atoms with van der Waals surface area (Å²) >= 11 is 6.07. The Hall–Kier alpha value is -1.06. The first-order chi connectivity index (χ1) is 8.67. The first-order valence-electron chi connectivity index (χ1n) is 6.44. The number of aliphatic hydroxyl groups is 1. The highest BCUT2D eigenvalue weighted by Crippen LogP contribution is 2.26. The van der Waals surface area contributed by atoms with Crippen LogP contribution in [0.5, 0.6) is 0 Å². The Morgan fingerprint density at radius 2 is 2.22 bits per heavy atom. The van der Waals surface area contributed by atoms with Crippen molar-refractivity contribution in [2.45, 2.75) is 39.2 Å². The predicted octanol–water partition coefficient (Wildman–Crippen LogP) is 3.59. The lowest BCUT2D eigenvalue weighted by Gasteiger charge is -2.15. The van der Waals surface area contributed by atoms with Crippen molar-refractivity contribution in [2.24, 2.45) is 0 Å². The zero-order valence-corrected chi connectivity index (χ0v) is 11.6. The Bertz CT molecular complexity index is 536. The highest BCUT2D eigenvalue weighted by atomic mass is 35.5. The van der Waals surface area contributed by atoms with Crippen LogP contribution in [-0.2, 0) is 6.42 Å². The van der Waals surface area contributed by atoms with Gasteiger partial charge < -0.3 is 9.67 Å². The summed E-state index contributed by atoms with van der Waals surface area (Å²) in [4.78, 5) is 4.65. The van der Waals surface area contributed by atoms with Crippen molar-refractivity contribution in [1.29, 1.82) is 0 Å². The van der Waals surface area contributed by atoms with Gasteiger partial charge in [0.15, 0.2) is 0 Å². The molecule has 0 saturated heterocycles. The minimum atomic E-state index is 0.199. The Labute approximate surface area is 112 Å². The summed E-state index contributed by atoms with van der Waals surface area (Å²) in [5.74, 6) is 1.04. The van der Waals surface area contributed by atoms with Crippen molar-refractivity contribution < 1.29 is 5.11 Å². The second-order valence-corrected chi connectivity index (χ2v) is 5.05. The van der Waals surface area contributed by atoms with Gasteiger partial charge in [0.05, 0.1) is 11.0 Å². The lowest BCUT2D eigenvalue weighted by Crippen LogP contribution is -2.09. The summed E-state index contributed by atoms with van der Waals surface area (Å²) < 4.78 is 2.25. The van der Waals surface area contributed by atoms with Gasteiger partial charge in [-0.1, -0.05) is 18.5 Å². The lowest BCUT2D eigenvalue weighted by molar-refractivity contribution is 0.286. The number of nitrogens with zero attached hydrogens (tertiary/aromatic N) is 2. The van der Waals surface area contributed by atoms with Gasteiger partial charge in [-0.15, -0.1) is 0 Å². The minimum absolute atomic E-state index is 0.199. The topological polar surface area (TPSA) is 38.0 Å². The van der Waals surface area contributed by atoms with E-state index in [0.717, 1.165) is 41.1 Å². The molecule has 1 atom stereocenters. The molecule has 18 heavy (non-hydrogen) atoms. The van der Waals surface area contributed by atoms with E-state index in [0.29, 0.717) is 6.04 Å². The summed E-state index contributed by atoms with van der Waals surface area (Å²) in [6.07, 6.45) is 2.59. The number of benzene rings is 1.